The van der Waals surface area contributed by atoms with E-state index in [1.165, 1.54) is 36.1 Å². The third-order valence-corrected chi connectivity index (χ3v) is 4.40. The molecule has 2 rings (SSSR count). The lowest BCUT2D eigenvalue weighted by Gasteiger charge is -2.08. The molecular formula is C14H18OS. The highest BCUT2D eigenvalue weighted by Crippen LogP contribution is 2.34. The number of aliphatic hydroxyl groups is 1. The number of thiophene rings is 1. The van der Waals surface area contributed by atoms with Gasteiger partial charge >= 0.3 is 0 Å². The second-order valence-electron chi connectivity index (χ2n) is 4.29. The molecule has 1 unspecified atom stereocenters. The molecule has 16 heavy (non-hydrogen) atoms. The van der Waals surface area contributed by atoms with E-state index in [-0.39, 0.29) is 6.10 Å². The van der Waals surface area contributed by atoms with E-state index in [1.807, 2.05) is 6.92 Å². The number of aliphatic hydroxyl groups excluding tert-OH is 1. The van der Waals surface area contributed by atoms with Gasteiger partial charge in [-0.15, -0.1) is 23.2 Å². The van der Waals surface area contributed by atoms with Gasteiger partial charge in [0.05, 0.1) is 6.10 Å². The van der Waals surface area contributed by atoms with Crippen LogP contribution in [0.1, 0.15) is 54.0 Å². The van der Waals surface area contributed by atoms with E-state index in [1.54, 1.807) is 11.3 Å². The molecule has 0 saturated heterocycles. The van der Waals surface area contributed by atoms with Crippen molar-refractivity contribution in [1.82, 2.24) is 0 Å². The summed E-state index contributed by atoms with van der Waals surface area (Å²) in [5, 5.41) is 10.0. The average molecular weight is 234 g/mol. The molecule has 1 aromatic heterocycles. The van der Waals surface area contributed by atoms with Crippen molar-refractivity contribution in [3.63, 3.8) is 0 Å². The smallest absolute Gasteiger partial charge is 0.0891 e. The van der Waals surface area contributed by atoms with Crippen LogP contribution >= 0.6 is 11.3 Å². The van der Waals surface area contributed by atoms with Crippen molar-refractivity contribution < 1.29 is 5.11 Å². The molecule has 0 spiro atoms. The van der Waals surface area contributed by atoms with Crippen molar-refractivity contribution in [1.29, 1.82) is 0 Å². The summed E-state index contributed by atoms with van der Waals surface area (Å²) < 4.78 is 0. The van der Waals surface area contributed by atoms with Crippen LogP contribution in [-0.2, 0) is 12.8 Å². The summed E-state index contributed by atoms with van der Waals surface area (Å²) in [5.74, 6) is 5.87. The molecule has 0 saturated carbocycles. The minimum Gasteiger partial charge on any atom is -0.388 e. The van der Waals surface area contributed by atoms with E-state index < -0.39 is 0 Å². The molecule has 1 N–H and O–H groups in total. The molecule has 1 aromatic rings. The van der Waals surface area contributed by atoms with Gasteiger partial charge in [0, 0.05) is 16.2 Å². The molecule has 0 radical (unpaired) electrons. The van der Waals surface area contributed by atoms with Crippen LogP contribution in [0.2, 0.25) is 0 Å². The Hall–Kier alpha value is -0.780. The first kappa shape index (κ1) is 11.7. The first-order valence-corrected chi connectivity index (χ1v) is 6.82. The quantitative estimate of drug-likeness (QED) is 0.794. The zero-order valence-electron chi connectivity index (χ0n) is 9.75. The molecule has 1 aliphatic rings. The van der Waals surface area contributed by atoms with E-state index in [9.17, 15) is 5.11 Å². The maximum absolute atomic E-state index is 10.0. The van der Waals surface area contributed by atoms with E-state index in [4.69, 9.17) is 0 Å². The number of aryl methyl sites for hydroxylation is 2. The first-order valence-electron chi connectivity index (χ1n) is 6.00. The van der Waals surface area contributed by atoms with Crippen LogP contribution < -0.4 is 0 Å². The maximum atomic E-state index is 10.0. The number of fused-ring (bicyclic) bond motifs is 1. The van der Waals surface area contributed by atoms with Gasteiger partial charge in [-0.05, 0) is 50.7 Å². The van der Waals surface area contributed by atoms with Gasteiger partial charge < -0.3 is 5.11 Å². The topological polar surface area (TPSA) is 20.2 Å². The Morgan fingerprint density at radius 3 is 3.00 bits per heavy atom. The molecule has 0 amide bonds. The Bertz CT molecular complexity index is 385. The molecule has 0 fully saturated rings. The molecular weight excluding hydrogens is 216 g/mol. The van der Waals surface area contributed by atoms with Crippen molar-refractivity contribution >= 4 is 11.3 Å². The summed E-state index contributed by atoms with van der Waals surface area (Å²) in [7, 11) is 0. The normalized spacial score (nSPS) is 16.1. The van der Waals surface area contributed by atoms with Gasteiger partial charge in [0.2, 0.25) is 0 Å². The van der Waals surface area contributed by atoms with E-state index >= 15 is 0 Å². The van der Waals surface area contributed by atoms with Crippen LogP contribution in [0.4, 0.5) is 0 Å². The fourth-order valence-corrected chi connectivity index (χ4v) is 3.43. The van der Waals surface area contributed by atoms with Gasteiger partial charge in [0.15, 0.2) is 0 Å². The second kappa shape index (κ2) is 5.52. The van der Waals surface area contributed by atoms with Crippen molar-refractivity contribution in [3.05, 3.63) is 21.4 Å². The summed E-state index contributed by atoms with van der Waals surface area (Å²) >= 11 is 1.80. The number of hydrogen-bond donors (Lipinski definition) is 1. The molecule has 1 atom stereocenters. The third-order valence-electron chi connectivity index (χ3n) is 3.06. The van der Waals surface area contributed by atoms with E-state index in [2.05, 4.69) is 17.9 Å². The van der Waals surface area contributed by atoms with Gasteiger partial charge in [-0.25, -0.2) is 0 Å². The minimum absolute atomic E-state index is 0.309. The molecule has 2 heteroatoms. The fourth-order valence-electron chi connectivity index (χ4n) is 2.15. The zero-order valence-corrected chi connectivity index (χ0v) is 10.6. The zero-order chi connectivity index (χ0) is 11.4. The highest BCUT2D eigenvalue weighted by Gasteiger charge is 2.17. The Kier molecular flexibility index (Phi) is 4.04. The molecule has 1 heterocycles. The molecule has 86 valence electrons. The van der Waals surface area contributed by atoms with Crippen molar-refractivity contribution in [2.45, 2.75) is 51.6 Å². The standard InChI is InChI=1S/C14H18OS/c1-2-3-4-8-12(15)14-10-11-7-5-6-9-13(11)16-14/h10,12,15H,4-9H2,1H3. The SMILES string of the molecule is CC#CCCC(O)c1cc2c(s1)CCCC2. The fraction of sp³-hybridized carbons (Fsp3) is 0.571. The molecule has 1 nitrogen and oxygen atoms in total. The predicted octanol–water partition coefficient (Wildman–Crippen LogP) is 3.46. The average Bonchev–Trinajstić information content (AvgIpc) is 2.73. The van der Waals surface area contributed by atoms with E-state index in [0.717, 1.165) is 17.7 Å². The third kappa shape index (κ3) is 2.66. The molecule has 0 aliphatic heterocycles. The molecule has 1 aliphatic carbocycles. The van der Waals surface area contributed by atoms with Gasteiger partial charge in [0.25, 0.3) is 0 Å². The van der Waals surface area contributed by atoms with Crippen molar-refractivity contribution in [2.75, 3.05) is 0 Å². The van der Waals surface area contributed by atoms with Gasteiger partial charge in [0.1, 0.15) is 0 Å². The highest BCUT2D eigenvalue weighted by molar-refractivity contribution is 7.12. The summed E-state index contributed by atoms with van der Waals surface area (Å²) in [6, 6.07) is 2.21. The first-order chi connectivity index (χ1) is 7.81. The summed E-state index contributed by atoms with van der Waals surface area (Å²) in [6.07, 6.45) is 6.27. The monoisotopic (exact) mass is 234 g/mol. The predicted molar refractivity (Wildman–Crippen MR) is 68.6 cm³/mol. The molecule has 0 aromatic carbocycles. The summed E-state index contributed by atoms with van der Waals surface area (Å²) in [6.45, 7) is 1.84. The summed E-state index contributed by atoms with van der Waals surface area (Å²) in [5.41, 5.74) is 1.48. The van der Waals surface area contributed by atoms with Gasteiger partial charge in [-0.1, -0.05) is 0 Å². The number of hydrogen-bond acceptors (Lipinski definition) is 2. The lowest BCUT2D eigenvalue weighted by molar-refractivity contribution is 0.173. The minimum atomic E-state index is -0.309. The van der Waals surface area contributed by atoms with Gasteiger partial charge in [-0.3, -0.25) is 0 Å². The van der Waals surface area contributed by atoms with Crippen LogP contribution in [0.3, 0.4) is 0 Å². The second-order valence-corrected chi connectivity index (χ2v) is 5.45. The maximum Gasteiger partial charge on any atom is 0.0891 e. The highest BCUT2D eigenvalue weighted by atomic mass is 32.1. The van der Waals surface area contributed by atoms with Gasteiger partial charge in [-0.2, -0.15) is 0 Å². The lowest BCUT2D eigenvalue weighted by atomic mass is 9.99. The van der Waals surface area contributed by atoms with Crippen LogP contribution in [0.15, 0.2) is 6.07 Å². The van der Waals surface area contributed by atoms with Crippen molar-refractivity contribution in [2.24, 2.45) is 0 Å². The summed E-state index contributed by atoms with van der Waals surface area (Å²) in [4.78, 5) is 2.65. The van der Waals surface area contributed by atoms with Crippen LogP contribution in [0.25, 0.3) is 0 Å². The lowest BCUT2D eigenvalue weighted by Crippen LogP contribution is -1.96. The van der Waals surface area contributed by atoms with E-state index in [0.29, 0.717) is 0 Å². The molecule has 0 bridgehead atoms. The Labute approximate surface area is 102 Å². The Morgan fingerprint density at radius 1 is 1.44 bits per heavy atom. The van der Waals surface area contributed by atoms with Crippen LogP contribution in [-0.4, -0.2) is 5.11 Å². The van der Waals surface area contributed by atoms with Crippen molar-refractivity contribution in [3.8, 4) is 11.8 Å². The Morgan fingerprint density at radius 2 is 2.25 bits per heavy atom. The largest absolute Gasteiger partial charge is 0.388 e. The van der Waals surface area contributed by atoms with Crippen LogP contribution in [0.5, 0.6) is 0 Å². The number of rotatable bonds is 3. The Balaban J connectivity index is 2.02. The van der Waals surface area contributed by atoms with Crippen LogP contribution in [0, 0.1) is 11.8 Å².